The van der Waals surface area contributed by atoms with Crippen molar-refractivity contribution in [2.75, 3.05) is 44.3 Å². The van der Waals surface area contributed by atoms with Crippen LogP contribution in [0.4, 0.5) is 5.82 Å². The second kappa shape index (κ2) is 8.11. The molecule has 0 saturated carbocycles. The van der Waals surface area contributed by atoms with Gasteiger partial charge in [-0.1, -0.05) is 18.2 Å². The summed E-state index contributed by atoms with van der Waals surface area (Å²) in [6.07, 6.45) is 4.84. The van der Waals surface area contributed by atoms with E-state index in [1.165, 1.54) is 15.6 Å². The summed E-state index contributed by atoms with van der Waals surface area (Å²) in [6, 6.07) is 11.5. The van der Waals surface area contributed by atoms with Crippen LogP contribution in [0.15, 0.2) is 61.4 Å². The topological polar surface area (TPSA) is 76.5 Å². The number of fused-ring (bicyclic) bond motifs is 1. The first-order chi connectivity index (χ1) is 15.1. The minimum atomic E-state index is -3.78. The third kappa shape index (κ3) is 3.54. The molecular weight excluding hydrogens is 412 g/mol. The molecule has 2 saturated heterocycles. The van der Waals surface area contributed by atoms with Crippen LogP contribution < -0.4 is 10.2 Å². The number of pyridine rings is 1. The third-order valence-electron chi connectivity index (χ3n) is 6.17. The highest BCUT2D eigenvalue weighted by atomic mass is 32.2. The van der Waals surface area contributed by atoms with Gasteiger partial charge >= 0.3 is 0 Å². The molecule has 0 spiro atoms. The summed E-state index contributed by atoms with van der Waals surface area (Å²) in [5, 5.41) is 3.29. The average Bonchev–Trinajstić information content (AvgIpc) is 3.18. The van der Waals surface area contributed by atoms with Gasteiger partial charge < -0.3 is 15.0 Å². The second-order valence-electron chi connectivity index (χ2n) is 8.00. The van der Waals surface area contributed by atoms with Gasteiger partial charge in [-0.05, 0) is 29.8 Å². The Morgan fingerprint density at radius 2 is 2.00 bits per heavy atom. The monoisotopic (exact) mass is 438 g/mol. The zero-order valence-electron chi connectivity index (χ0n) is 17.3. The van der Waals surface area contributed by atoms with Gasteiger partial charge in [0.05, 0.1) is 18.7 Å². The van der Waals surface area contributed by atoms with Crippen molar-refractivity contribution in [3.8, 4) is 0 Å². The summed E-state index contributed by atoms with van der Waals surface area (Å²) in [4.78, 5) is 6.60. The molecule has 4 heterocycles. The molecule has 2 aromatic heterocycles. The van der Waals surface area contributed by atoms with Gasteiger partial charge in [0.2, 0.25) is 10.0 Å². The molecule has 0 aliphatic carbocycles. The van der Waals surface area contributed by atoms with Crippen LogP contribution in [0, 0.1) is 0 Å². The molecule has 0 bridgehead atoms. The first kappa shape index (κ1) is 20.2. The molecule has 5 rings (SSSR count). The van der Waals surface area contributed by atoms with E-state index < -0.39 is 15.3 Å². The molecule has 31 heavy (non-hydrogen) atoms. The van der Waals surface area contributed by atoms with Crippen molar-refractivity contribution in [1.29, 1.82) is 0 Å². The normalized spacial score (nSPS) is 18.6. The number of rotatable bonds is 6. The zero-order valence-corrected chi connectivity index (χ0v) is 18.1. The van der Waals surface area contributed by atoms with Crippen LogP contribution in [0.1, 0.15) is 22.3 Å². The van der Waals surface area contributed by atoms with Crippen molar-refractivity contribution in [3.05, 3.63) is 72.6 Å². The number of benzene rings is 1. The lowest BCUT2D eigenvalue weighted by molar-refractivity contribution is 0.122. The Bertz CT molecular complexity index is 1210. The number of aromatic nitrogens is 2. The molecule has 1 N–H and O–H groups in total. The molecule has 2 aliphatic heterocycles. The largest absolute Gasteiger partial charge is 0.378 e. The smallest absolute Gasteiger partial charge is 0.249 e. The van der Waals surface area contributed by atoms with Gasteiger partial charge in [0.15, 0.2) is 0 Å². The number of nitrogens with one attached hydrogen (secondary N) is 1. The molecule has 1 atom stereocenters. The van der Waals surface area contributed by atoms with Crippen molar-refractivity contribution in [2.45, 2.75) is 11.2 Å². The Kier molecular flexibility index (Phi) is 5.29. The molecule has 162 valence electrons. The molecule has 3 aromatic rings. The highest BCUT2D eigenvalue weighted by Crippen LogP contribution is 2.34. The lowest BCUT2D eigenvalue weighted by Gasteiger charge is -2.30. The maximum atomic E-state index is 13.8. The van der Waals surface area contributed by atoms with E-state index in [4.69, 9.17) is 4.74 Å². The first-order valence-corrected chi connectivity index (χ1v) is 12.1. The lowest BCUT2D eigenvalue weighted by Crippen LogP contribution is -2.39. The average molecular weight is 439 g/mol. The molecule has 7 nitrogen and oxygen atoms in total. The van der Waals surface area contributed by atoms with Gasteiger partial charge in [-0.3, -0.25) is 0 Å². The van der Waals surface area contributed by atoms with Gasteiger partial charge in [-0.25, -0.2) is 17.4 Å². The van der Waals surface area contributed by atoms with Crippen LogP contribution in [0.25, 0.3) is 10.9 Å². The molecule has 2 aliphatic rings. The van der Waals surface area contributed by atoms with Gasteiger partial charge in [-0.15, -0.1) is 6.58 Å². The Morgan fingerprint density at radius 1 is 1.19 bits per heavy atom. The highest BCUT2D eigenvalue weighted by molar-refractivity contribution is 7.90. The van der Waals surface area contributed by atoms with Gasteiger partial charge in [-0.2, -0.15) is 0 Å². The van der Waals surface area contributed by atoms with E-state index in [1.54, 1.807) is 18.5 Å². The van der Waals surface area contributed by atoms with Crippen molar-refractivity contribution >= 4 is 26.7 Å². The molecule has 2 fully saturated rings. The van der Waals surface area contributed by atoms with Crippen molar-refractivity contribution in [3.63, 3.8) is 0 Å². The van der Waals surface area contributed by atoms with Gasteiger partial charge in [0, 0.05) is 55.4 Å². The minimum Gasteiger partial charge on any atom is -0.378 e. The van der Waals surface area contributed by atoms with E-state index in [2.05, 4.69) is 27.8 Å². The summed E-state index contributed by atoms with van der Waals surface area (Å²) in [6.45, 7) is 8.36. The summed E-state index contributed by atoms with van der Waals surface area (Å²) in [5.41, 5.74) is 2.56. The fraction of sp³-hybridized carbons (Fsp3) is 0.348. The number of hydrogen-bond acceptors (Lipinski definition) is 6. The van der Waals surface area contributed by atoms with E-state index in [-0.39, 0.29) is 0 Å². The van der Waals surface area contributed by atoms with Crippen molar-refractivity contribution < 1.29 is 13.2 Å². The predicted molar refractivity (Wildman–Crippen MR) is 122 cm³/mol. The number of morpholine rings is 1. The number of hydrogen-bond donors (Lipinski definition) is 1. The Labute approximate surface area is 182 Å². The molecule has 1 aromatic carbocycles. The molecule has 1 unspecified atom stereocenters. The molecule has 0 radical (unpaired) electrons. The fourth-order valence-corrected chi connectivity index (χ4v) is 6.00. The van der Waals surface area contributed by atoms with Crippen LogP contribution in [-0.4, -0.2) is 56.8 Å². The van der Waals surface area contributed by atoms with Crippen LogP contribution in [0.3, 0.4) is 0 Å². The van der Waals surface area contributed by atoms with Crippen molar-refractivity contribution in [1.82, 2.24) is 14.3 Å². The van der Waals surface area contributed by atoms with Gasteiger partial charge in [0.25, 0.3) is 0 Å². The number of anilines is 1. The summed E-state index contributed by atoms with van der Waals surface area (Å²) in [5.74, 6) is 1.17. The maximum Gasteiger partial charge on any atom is 0.249 e. The first-order valence-electron chi connectivity index (χ1n) is 10.6. The molecular formula is C23H26N4O3S. The number of nitrogens with zero attached hydrogens (tertiary/aromatic N) is 3. The Balaban J connectivity index is 1.55. The summed E-state index contributed by atoms with van der Waals surface area (Å²) >= 11 is 0. The predicted octanol–water partition coefficient (Wildman–Crippen LogP) is 2.66. The maximum absolute atomic E-state index is 13.8. The molecule has 8 heteroatoms. The van der Waals surface area contributed by atoms with Crippen LogP contribution in [0.5, 0.6) is 0 Å². The molecule has 0 amide bonds. The van der Waals surface area contributed by atoms with E-state index in [9.17, 15) is 8.42 Å². The number of ether oxygens (including phenoxy) is 1. The van der Waals surface area contributed by atoms with Crippen LogP contribution >= 0.6 is 0 Å². The van der Waals surface area contributed by atoms with E-state index in [0.29, 0.717) is 49.1 Å². The second-order valence-corrected chi connectivity index (χ2v) is 9.93. The van der Waals surface area contributed by atoms with Crippen molar-refractivity contribution in [2.24, 2.45) is 0 Å². The summed E-state index contributed by atoms with van der Waals surface area (Å²) in [7, 11) is -3.78. The third-order valence-corrected chi connectivity index (χ3v) is 8.13. The fourth-order valence-electron chi connectivity index (χ4n) is 4.34. The SMILES string of the molecule is C=CC(c1cccnc1N1CCOCC1)S(=O)(=O)n1ccc2cc(C3CNC3)ccc21. The Morgan fingerprint density at radius 3 is 2.71 bits per heavy atom. The lowest BCUT2D eigenvalue weighted by atomic mass is 9.93. The van der Waals surface area contributed by atoms with E-state index in [0.717, 1.165) is 18.5 Å². The van der Waals surface area contributed by atoms with Crippen LogP contribution in [0.2, 0.25) is 0 Å². The minimum absolute atomic E-state index is 0.497. The van der Waals surface area contributed by atoms with E-state index >= 15 is 0 Å². The standard InChI is InChI=1S/C23H26N4O3S/c1-2-22(20-4-3-8-25-23(20)26-10-12-30-13-11-26)31(28,29)27-9-7-18-14-17(5-6-21(18)27)19-15-24-16-19/h2-9,14,19,22,24H,1,10-13,15-16H2. The summed E-state index contributed by atoms with van der Waals surface area (Å²) < 4.78 is 34.4. The van der Waals surface area contributed by atoms with E-state index in [1.807, 2.05) is 24.3 Å². The quantitative estimate of drug-likeness (QED) is 0.597. The Hall–Kier alpha value is -2.68. The van der Waals surface area contributed by atoms with Gasteiger partial charge in [0.1, 0.15) is 11.1 Å². The zero-order chi connectivity index (χ0) is 21.4. The highest BCUT2D eigenvalue weighted by Gasteiger charge is 2.31. The van der Waals surface area contributed by atoms with Crippen LogP contribution in [-0.2, 0) is 14.8 Å².